The number of nitrogens with zero attached hydrogens (tertiary/aromatic N) is 8. The molecular weight excluding hydrogens is 1600 g/mol. The Hall–Kier alpha value is -16.0. The Morgan fingerprint density at radius 3 is 0.819 bits per heavy atom. The molecule has 0 bridgehead atoms. The molecule has 11 heteroatoms. The second kappa shape index (κ2) is 29.3. The van der Waals surface area contributed by atoms with Crippen molar-refractivity contribution in [1.29, 1.82) is 0 Å². The van der Waals surface area contributed by atoms with Crippen LogP contribution in [0.2, 0.25) is 0 Å². The predicted octanol–water partition coefficient (Wildman–Crippen LogP) is 31.9. The average molecular weight is 1670 g/mol. The van der Waals surface area contributed by atoms with E-state index in [0.29, 0.717) is 34.9 Å². The first-order valence-corrected chi connectivity index (χ1v) is 45.1. The van der Waals surface area contributed by atoms with Gasteiger partial charge in [-0.05, 0) is 177 Å². The van der Waals surface area contributed by atoms with Crippen molar-refractivity contribution < 1.29 is 0 Å². The monoisotopic (exact) mass is 1670 g/mol. The van der Waals surface area contributed by atoms with Crippen LogP contribution in [0.1, 0.15) is 0 Å². The SMILES string of the molecule is c1ccc(-c2nc(-c3cc4c5c(c3)sc3ccc6cccc(c6c35)-c3ccccc3-4)nc3ccccc23)cc1.c1ccc(-c2nc(-c3ccccc3)nc(-c3cc4c5c(c3)sc3ccc6cccc(c6c35)-c3ccccc3-4)n2)cc1.c1ccc(-c2nc(-c3ccccc3)nc(-c3cccc(-c4cc5c6c(c4)sc4ccc7cccc(c7c46)-c4ccccc4-5)c3)n2)cc1. The molecule has 0 spiro atoms. The van der Waals surface area contributed by atoms with E-state index in [2.05, 4.69) is 297 Å². The molecule has 0 atom stereocenters. The molecule has 3 aliphatic rings. The molecule has 28 rings (SSSR count). The average Bonchev–Trinajstić information content (AvgIpc) is 1.56. The van der Waals surface area contributed by atoms with Crippen molar-refractivity contribution >= 4 is 138 Å². The van der Waals surface area contributed by atoms with E-state index in [1.165, 1.54) is 165 Å². The number of rotatable bonds is 9. The van der Waals surface area contributed by atoms with Gasteiger partial charge in [0.1, 0.15) is 0 Å². The van der Waals surface area contributed by atoms with Gasteiger partial charge in [0.05, 0.1) is 11.2 Å². The van der Waals surface area contributed by atoms with Gasteiger partial charge in [0, 0.05) is 110 Å². The molecule has 0 N–H and O–H groups in total. The van der Waals surface area contributed by atoms with Crippen molar-refractivity contribution in [2.75, 3.05) is 0 Å². The van der Waals surface area contributed by atoms with Gasteiger partial charge >= 0.3 is 0 Å². The number of para-hydroxylation sites is 1. The number of thiophene rings is 3. The van der Waals surface area contributed by atoms with Crippen LogP contribution in [-0.4, -0.2) is 39.9 Å². The van der Waals surface area contributed by atoms with Gasteiger partial charge in [0.15, 0.2) is 40.8 Å². The molecule has 588 valence electrons. The van der Waals surface area contributed by atoms with E-state index in [9.17, 15) is 0 Å². The zero-order valence-corrected chi connectivity index (χ0v) is 70.4. The molecule has 0 fully saturated rings. The number of hydrogen-bond donors (Lipinski definition) is 0. The van der Waals surface area contributed by atoms with E-state index in [4.69, 9.17) is 39.9 Å². The molecule has 0 unspecified atom stereocenters. The Bertz CT molecular complexity index is 8780. The Labute approximate surface area is 741 Å². The lowest BCUT2D eigenvalue weighted by atomic mass is 9.92. The number of hydrogen-bond acceptors (Lipinski definition) is 11. The van der Waals surface area contributed by atoms with Crippen LogP contribution in [0, 0.1) is 0 Å². The first-order valence-electron chi connectivity index (χ1n) is 42.7. The first kappa shape index (κ1) is 72.6. The quantitative estimate of drug-likeness (QED) is 0.141. The molecule has 127 heavy (non-hydrogen) atoms. The Balaban J connectivity index is 0.000000102. The summed E-state index contributed by atoms with van der Waals surface area (Å²) in [6.45, 7) is 0. The lowest BCUT2D eigenvalue weighted by Crippen LogP contribution is -2.00. The minimum atomic E-state index is 0.656. The third kappa shape index (κ3) is 12.0. The molecule has 25 aromatic rings. The van der Waals surface area contributed by atoms with Crippen LogP contribution < -0.4 is 0 Å². The maximum atomic E-state index is 5.20. The van der Waals surface area contributed by atoms with Crippen LogP contribution in [0.25, 0.3) is 273 Å². The fourth-order valence-corrected chi connectivity index (χ4v) is 23.2. The summed E-state index contributed by atoms with van der Waals surface area (Å²) in [4.78, 5) is 40.2. The van der Waals surface area contributed by atoms with Gasteiger partial charge in [-0.3, -0.25) is 0 Å². The summed E-state index contributed by atoms with van der Waals surface area (Å²) in [6, 6.07) is 142. The fraction of sp³-hybridized carbons (Fsp3) is 0. The van der Waals surface area contributed by atoms with Gasteiger partial charge in [0.25, 0.3) is 0 Å². The van der Waals surface area contributed by atoms with E-state index >= 15 is 0 Å². The smallest absolute Gasteiger partial charge is 0.164 e. The third-order valence-electron chi connectivity index (χ3n) is 25.3. The highest BCUT2D eigenvalue weighted by atomic mass is 32.1. The van der Waals surface area contributed by atoms with Gasteiger partial charge in [-0.15, -0.1) is 34.0 Å². The molecule has 6 heterocycles. The third-order valence-corrected chi connectivity index (χ3v) is 28.6. The number of benzene rings is 19. The highest BCUT2D eigenvalue weighted by molar-refractivity contribution is 7.27. The zero-order valence-electron chi connectivity index (χ0n) is 67.9. The Morgan fingerprint density at radius 1 is 0.142 bits per heavy atom. The summed E-state index contributed by atoms with van der Waals surface area (Å²) >= 11 is 5.60. The lowest BCUT2D eigenvalue weighted by molar-refractivity contribution is 1.07. The fourth-order valence-electron chi connectivity index (χ4n) is 19.6. The van der Waals surface area contributed by atoms with Crippen LogP contribution >= 0.6 is 34.0 Å². The Morgan fingerprint density at radius 2 is 0.425 bits per heavy atom. The topological polar surface area (TPSA) is 103 Å². The maximum absolute atomic E-state index is 5.20. The molecule has 0 amide bonds. The number of fused-ring (bicyclic) bond motifs is 10. The van der Waals surface area contributed by atoms with Crippen LogP contribution in [0.4, 0.5) is 0 Å². The van der Waals surface area contributed by atoms with Crippen LogP contribution in [0.5, 0.6) is 0 Å². The van der Waals surface area contributed by atoms with E-state index in [-0.39, 0.29) is 0 Å². The van der Waals surface area contributed by atoms with Crippen molar-refractivity contribution in [3.8, 4) is 169 Å². The summed E-state index contributed by atoms with van der Waals surface area (Å²) in [7, 11) is 0. The first-order chi connectivity index (χ1) is 62.9. The van der Waals surface area contributed by atoms with Gasteiger partial charge in [-0.25, -0.2) is 39.9 Å². The van der Waals surface area contributed by atoms with Crippen molar-refractivity contribution in [2.24, 2.45) is 0 Å². The largest absolute Gasteiger partial charge is 0.228 e. The second-order valence-corrected chi connectivity index (χ2v) is 35.8. The van der Waals surface area contributed by atoms with Crippen molar-refractivity contribution in [1.82, 2.24) is 39.9 Å². The van der Waals surface area contributed by atoms with Crippen molar-refractivity contribution in [3.63, 3.8) is 0 Å². The van der Waals surface area contributed by atoms with Gasteiger partial charge < -0.3 is 0 Å². The van der Waals surface area contributed by atoms with E-state index in [1.54, 1.807) is 0 Å². The minimum Gasteiger partial charge on any atom is -0.228 e. The molecule has 6 aromatic heterocycles. The zero-order chi connectivity index (χ0) is 83.3. The summed E-state index contributed by atoms with van der Waals surface area (Å²) in [6.07, 6.45) is 0. The van der Waals surface area contributed by atoms with Gasteiger partial charge in [0.2, 0.25) is 0 Å². The van der Waals surface area contributed by atoms with Crippen molar-refractivity contribution in [3.05, 3.63) is 400 Å². The van der Waals surface area contributed by atoms with E-state index < -0.39 is 0 Å². The summed E-state index contributed by atoms with van der Waals surface area (Å²) < 4.78 is 7.77. The van der Waals surface area contributed by atoms with Crippen LogP contribution in [0.15, 0.2) is 400 Å². The van der Waals surface area contributed by atoms with E-state index in [0.717, 1.165) is 72.5 Å². The minimum absolute atomic E-state index is 0.656. The highest BCUT2D eigenvalue weighted by Crippen LogP contribution is 2.56. The molecule has 8 nitrogen and oxygen atoms in total. The standard InChI is InChI=1S/C43H25N3S.C37H21N3S.C36H20N2S/c1-3-11-27(12-4-1)41-44-42(28-13-5-2-6-14-28)46-43(45-41)30-17-9-16-29(23-30)31-24-35-33-19-8-7-18-32(33)34-20-10-15-26-21-22-36-40(38(26)34)39(35)37(25-31)47-36;1-3-10-23(11-4-1)35-38-36(24-12-5-2-6-13-24)40-37(39-35)25-20-29-27-16-8-7-15-26(27)28-17-9-14-22-18-19-30-34(32(22)28)33(29)31(21-25)41-30;1-2-9-22(10-3-1)35-27-14-6-7-16-29(27)37-36(38-35)23-19-28-25-13-5-4-12-24(25)26-15-8-11-21-17-18-30-34(32(21)26)33(28)31(20-23)39-30/h1-25H;1-21H;1-20H. The van der Waals surface area contributed by atoms with Gasteiger partial charge in [-0.2, -0.15) is 0 Å². The molecule has 3 aliphatic carbocycles. The Kier molecular flexibility index (Phi) is 16.8. The number of aromatic nitrogens is 8. The molecular formula is C116H66N8S3. The van der Waals surface area contributed by atoms with Crippen molar-refractivity contribution in [2.45, 2.75) is 0 Å². The molecule has 0 aliphatic heterocycles. The van der Waals surface area contributed by atoms with Crippen LogP contribution in [-0.2, 0) is 0 Å². The van der Waals surface area contributed by atoms with Gasteiger partial charge in [-0.1, -0.05) is 334 Å². The second-order valence-electron chi connectivity index (χ2n) is 32.6. The molecule has 19 aromatic carbocycles. The summed E-state index contributed by atoms with van der Waals surface area (Å²) in [5, 5.41) is 17.1. The lowest BCUT2D eigenvalue weighted by Gasteiger charge is -2.13. The maximum Gasteiger partial charge on any atom is 0.164 e. The normalized spacial score (nSPS) is 11.9. The van der Waals surface area contributed by atoms with E-state index in [1.807, 2.05) is 137 Å². The highest BCUT2D eigenvalue weighted by Gasteiger charge is 2.29. The summed E-state index contributed by atoms with van der Waals surface area (Å²) in [5.41, 5.74) is 27.5. The summed E-state index contributed by atoms with van der Waals surface area (Å²) in [5.74, 6) is 4.76. The molecule has 0 radical (unpaired) electrons. The molecule has 0 saturated heterocycles. The van der Waals surface area contributed by atoms with Crippen LogP contribution in [0.3, 0.4) is 0 Å². The molecule has 0 saturated carbocycles. The predicted molar refractivity (Wildman–Crippen MR) is 533 cm³/mol.